The van der Waals surface area contributed by atoms with Crippen LogP contribution < -0.4 is 0 Å². The van der Waals surface area contributed by atoms with Crippen LogP contribution in [0.3, 0.4) is 0 Å². The van der Waals surface area contributed by atoms with Crippen molar-refractivity contribution in [1.82, 2.24) is 4.98 Å². The summed E-state index contributed by atoms with van der Waals surface area (Å²) in [4.78, 5) is 14.2. The average molecular weight is 205 g/mol. The van der Waals surface area contributed by atoms with E-state index < -0.39 is 5.97 Å². The second kappa shape index (κ2) is 3.45. The highest BCUT2D eigenvalue weighted by Gasteiger charge is 2.06. The Hall–Kier alpha value is -2.30. The summed E-state index contributed by atoms with van der Waals surface area (Å²) >= 11 is 0. The number of rotatable bonds is 2. The normalized spacial score (nSPS) is 11.2. The van der Waals surface area contributed by atoms with Gasteiger partial charge in [0.2, 0.25) is 5.89 Å². The highest BCUT2D eigenvalue weighted by molar-refractivity contribution is 5.85. The fourth-order valence-electron chi connectivity index (χ4n) is 1.17. The van der Waals surface area contributed by atoms with Gasteiger partial charge < -0.3 is 14.6 Å². The number of phenols is 1. The molecule has 0 saturated carbocycles. The van der Waals surface area contributed by atoms with Crippen molar-refractivity contribution in [3.63, 3.8) is 0 Å². The minimum absolute atomic E-state index is 0.0185. The molecule has 0 aliphatic heterocycles. The Morgan fingerprint density at radius 2 is 2.27 bits per heavy atom. The number of carboxylic acid groups (broad SMARTS) is 1. The van der Waals surface area contributed by atoms with E-state index in [1.54, 1.807) is 12.1 Å². The standard InChI is InChI=1S/C10H7NO4/c12-7-3-1-2-6-10(7)15-8(11-6)4-5-9(13)14/h1-5,12H,(H,13,14)/b5-4+. The molecule has 0 radical (unpaired) electrons. The van der Waals surface area contributed by atoms with E-state index >= 15 is 0 Å². The molecule has 15 heavy (non-hydrogen) atoms. The summed E-state index contributed by atoms with van der Waals surface area (Å²) in [5, 5.41) is 17.8. The number of nitrogens with zero attached hydrogens (tertiary/aromatic N) is 1. The molecular formula is C10H7NO4. The number of aromatic hydroxyl groups is 1. The number of fused-ring (bicyclic) bond motifs is 1. The summed E-state index contributed by atoms with van der Waals surface area (Å²) in [6, 6.07) is 4.76. The van der Waals surface area contributed by atoms with Gasteiger partial charge in [0.15, 0.2) is 11.3 Å². The minimum atomic E-state index is -1.08. The Morgan fingerprint density at radius 3 is 2.93 bits per heavy atom. The van der Waals surface area contributed by atoms with Crippen LogP contribution in [0.25, 0.3) is 17.2 Å². The molecule has 76 valence electrons. The molecule has 0 atom stereocenters. The van der Waals surface area contributed by atoms with Crippen molar-refractivity contribution in [2.24, 2.45) is 0 Å². The van der Waals surface area contributed by atoms with Gasteiger partial charge in [-0.25, -0.2) is 9.78 Å². The maximum atomic E-state index is 10.2. The number of aliphatic carboxylic acids is 1. The lowest BCUT2D eigenvalue weighted by Gasteiger charge is -1.88. The van der Waals surface area contributed by atoms with Crippen LogP contribution in [-0.2, 0) is 4.79 Å². The first-order valence-electron chi connectivity index (χ1n) is 4.16. The van der Waals surface area contributed by atoms with Crippen LogP contribution in [0.15, 0.2) is 28.7 Å². The zero-order valence-corrected chi connectivity index (χ0v) is 7.54. The summed E-state index contributed by atoms with van der Waals surface area (Å²) in [5.41, 5.74) is 0.738. The van der Waals surface area contributed by atoms with Crippen molar-refractivity contribution >= 4 is 23.1 Å². The third kappa shape index (κ3) is 1.80. The Balaban J connectivity index is 2.48. The number of hydrogen-bond acceptors (Lipinski definition) is 4. The van der Waals surface area contributed by atoms with E-state index in [1.165, 1.54) is 12.1 Å². The molecule has 2 rings (SSSR count). The summed E-state index contributed by atoms with van der Waals surface area (Å²) < 4.78 is 5.14. The van der Waals surface area contributed by atoms with Crippen LogP contribution in [0, 0.1) is 0 Å². The highest BCUT2D eigenvalue weighted by Crippen LogP contribution is 2.25. The smallest absolute Gasteiger partial charge is 0.328 e. The molecule has 0 saturated heterocycles. The van der Waals surface area contributed by atoms with Crippen molar-refractivity contribution < 1.29 is 19.4 Å². The van der Waals surface area contributed by atoms with Crippen molar-refractivity contribution in [2.75, 3.05) is 0 Å². The van der Waals surface area contributed by atoms with Gasteiger partial charge in [0.25, 0.3) is 0 Å². The fourth-order valence-corrected chi connectivity index (χ4v) is 1.17. The van der Waals surface area contributed by atoms with Crippen molar-refractivity contribution in [1.29, 1.82) is 0 Å². The maximum Gasteiger partial charge on any atom is 0.328 e. The van der Waals surface area contributed by atoms with Gasteiger partial charge in [0.1, 0.15) is 5.52 Å². The first-order valence-corrected chi connectivity index (χ1v) is 4.16. The monoisotopic (exact) mass is 205 g/mol. The molecule has 5 heteroatoms. The molecule has 0 fully saturated rings. The first kappa shape index (κ1) is 9.26. The van der Waals surface area contributed by atoms with Crippen LogP contribution in [0.5, 0.6) is 5.75 Å². The summed E-state index contributed by atoms with van der Waals surface area (Å²) in [6.07, 6.45) is 2.14. The van der Waals surface area contributed by atoms with Gasteiger partial charge in [-0.15, -0.1) is 0 Å². The fraction of sp³-hybridized carbons (Fsp3) is 0. The molecule has 0 aliphatic rings. The van der Waals surface area contributed by atoms with E-state index in [0.29, 0.717) is 5.52 Å². The van der Waals surface area contributed by atoms with E-state index in [2.05, 4.69) is 4.98 Å². The largest absolute Gasteiger partial charge is 0.504 e. The van der Waals surface area contributed by atoms with Gasteiger partial charge in [-0.1, -0.05) is 6.07 Å². The lowest BCUT2D eigenvalue weighted by atomic mass is 10.3. The number of aromatic nitrogens is 1. The van der Waals surface area contributed by atoms with Crippen LogP contribution >= 0.6 is 0 Å². The summed E-state index contributed by atoms with van der Waals surface area (Å²) in [6.45, 7) is 0. The number of benzene rings is 1. The highest BCUT2D eigenvalue weighted by atomic mass is 16.4. The molecule has 0 amide bonds. The molecule has 5 nitrogen and oxygen atoms in total. The number of phenolic OH excluding ortho intramolecular Hbond substituents is 1. The van der Waals surface area contributed by atoms with Crippen LogP contribution in [-0.4, -0.2) is 21.2 Å². The average Bonchev–Trinajstić information content (AvgIpc) is 2.59. The zero-order chi connectivity index (χ0) is 10.8. The maximum absolute atomic E-state index is 10.2. The number of carboxylic acids is 1. The molecule has 1 aromatic heterocycles. The third-order valence-corrected chi connectivity index (χ3v) is 1.78. The number of carbonyl (C=O) groups is 1. The molecule has 0 aliphatic carbocycles. The van der Waals surface area contributed by atoms with Crippen LogP contribution in [0.4, 0.5) is 0 Å². The van der Waals surface area contributed by atoms with Crippen molar-refractivity contribution in [3.8, 4) is 5.75 Å². The van der Waals surface area contributed by atoms with Gasteiger partial charge in [-0.05, 0) is 12.1 Å². The first-order chi connectivity index (χ1) is 7.16. The molecule has 0 spiro atoms. The lowest BCUT2D eigenvalue weighted by molar-refractivity contribution is -0.131. The van der Waals surface area contributed by atoms with E-state index in [4.69, 9.17) is 9.52 Å². The molecule has 0 unspecified atom stereocenters. The SMILES string of the molecule is O=C(O)/C=C/c1nc2cccc(O)c2o1. The Labute approximate surface area is 84.3 Å². The van der Waals surface area contributed by atoms with E-state index in [0.717, 1.165) is 6.08 Å². The van der Waals surface area contributed by atoms with E-state index in [1.807, 2.05) is 0 Å². The Bertz CT molecular complexity index is 541. The van der Waals surface area contributed by atoms with Gasteiger partial charge in [0.05, 0.1) is 0 Å². The van der Waals surface area contributed by atoms with Gasteiger partial charge in [0, 0.05) is 12.2 Å². The van der Waals surface area contributed by atoms with Gasteiger partial charge in [-0.2, -0.15) is 0 Å². The third-order valence-electron chi connectivity index (χ3n) is 1.78. The second-order valence-corrected chi connectivity index (χ2v) is 2.85. The molecule has 1 heterocycles. The second-order valence-electron chi connectivity index (χ2n) is 2.85. The number of oxazole rings is 1. The predicted molar refractivity (Wildman–Crippen MR) is 52.3 cm³/mol. The molecule has 2 N–H and O–H groups in total. The zero-order valence-electron chi connectivity index (χ0n) is 7.54. The van der Waals surface area contributed by atoms with E-state index in [-0.39, 0.29) is 17.2 Å². The number of hydrogen-bond donors (Lipinski definition) is 2. The molecular weight excluding hydrogens is 198 g/mol. The quantitative estimate of drug-likeness (QED) is 0.728. The molecule has 0 bridgehead atoms. The van der Waals surface area contributed by atoms with Gasteiger partial charge >= 0.3 is 5.97 Å². The topological polar surface area (TPSA) is 83.6 Å². The predicted octanol–water partition coefficient (Wildman–Crippen LogP) is 1.63. The van der Waals surface area contributed by atoms with Crippen molar-refractivity contribution in [2.45, 2.75) is 0 Å². The van der Waals surface area contributed by atoms with E-state index in [9.17, 15) is 9.90 Å². The lowest BCUT2D eigenvalue weighted by Crippen LogP contribution is -1.85. The van der Waals surface area contributed by atoms with Crippen LogP contribution in [0.2, 0.25) is 0 Å². The molecule has 1 aromatic carbocycles. The summed E-state index contributed by atoms with van der Waals surface area (Å²) in [7, 11) is 0. The van der Waals surface area contributed by atoms with Crippen molar-refractivity contribution in [3.05, 3.63) is 30.2 Å². The van der Waals surface area contributed by atoms with Gasteiger partial charge in [-0.3, -0.25) is 0 Å². The molecule has 2 aromatic rings. The Kier molecular flexibility index (Phi) is 2.13. The summed E-state index contributed by atoms with van der Waals surface area (Å²) in [5.74, 6) is -0.953. The Morgan fingerprint density at radius 1 is 1.47 bits per heavy atom. The van der Waals surface area contributed by atoms with Crippen LogP contribution in [0.1, 0.15) is 5.89 Å². The minimum Gasteiger partial charge on any atom is -0.504 e. The number of para-hydroxylation sites is 1.